The summed E-state index contributed by atoms with van der Waals surface area (Å²) in [4.78, 5) is 30.3. The van der Waals surface area contributed by atoms with Crippen molar-refractivity contribution in [1.29, 1.82) is 0 Å². The summed E-state index contributed by atoms with van der Waals surface area (Å²) < 4.78 is 17.4. The molecule has 7 nitrogen and oxygen atoms in total. The van der Waals surface area contributed by atoms with Gasteiger partial charge >= 0.3 is 0 Å². The van der Waals surface area contributed by atoms with E-state index in [1.165, 1.54) is 22.7 Å². The molecule has 0 unspecified atom stereocenters. The van der Waals surface area contributed by atoms with Crippen LogP contribution in [0.5, 0.6) is 17.2 Å². The SMILES string of the molecule is COc1cccc(N(C(=O)[C@@H]2COc3ccccc3O2)[C@H](C(=O)NC2CCCCC2)c2cccs2)c1. The van der Waals surface area contributed by atoms with Crippen LogP contribution in [0.25, 0.3) is 0 Å². The lowest BCUT2D eigenvalue weighted by atomic mass is 9.95. The summed E-state index contributed by atoms with van der Waals surface area (Å²) in [6.45, 7) is 0.0533. The number of para-hydroxylation sites is 2. The fourth-order valence-corrected chi connectivity index (χ4v) is 5.62. The molecule has 5 rings (SSSR count). The molecule has 1 N–H and O–H groups in total. The number of thiophene rings is 1. The van der Waals surface area contributed by atoms with Crippen LogP contribution in [0, 0.1) is 0 Å². The van der Waals surface area contributed by atoms with Crippen LogP contribution >= 0.6 is 11.3 Å². The lowest BCUT2D eigenvalue weighted by Gasteiger charge is -2.36. The number of fused-ring (bicyclic) bond motifs is 1. The van der Waals surface area contributed by atoms with Gasteiger partial charge in [0.25, 0.3) is 5.91 Å². The molecule has 3 aromatic rings. The molecule has 2 aliphatic rings. The van der Waals surface area contributed by atoms with Crippen LogP contribution in [0.3, 0.4) is 0 Å². The number of rotatable bonds is 7. The van der Waals surface area contributed by atoms with Crippen molar-refractivity contribution in [3.8, 4) is 17.2 Å². The van der Waals surface area contributed by atoms with Crippen molar-refractivity contribution in [2.45, 2.75) is 50.3 Å². The maximum Gasteiger partial charge on any atom is 0.272 e. The Balaban J connectivity index is 1.52. The Morgan fingerprint density at radius 3 is 2.58 bits per heavy atom. The third kappa shape index (κ3) is 5.18. The Kier molecular flexibility index (Phi) is 7.41. The first-order valence-electron chi connectivity index (χ1n) is 12.3. The molecule has 2 heterocycles. The zero-order chi connectivity index (χ0) is 24.9. The van der Waals surface area contributed by atoms with Gasteiger partial charge in [-0.25, -0.2) is 0 Å². The number of carbonyl (C=O) groups excluding carboxylic acids is 2. The van der Waals surface area contributed by atoms with Crippen LogP contribution < -0.4 is 24.4 Å². The standard InChI is InChI=1S/C28H30N2O5S/c1-33-21-12-7-11-20(17-21)30(28(32)24-18-34-22-13-5-6-14-23(22)35-24)26(25-15-8-16-36-25)27(31)29-19-9-3-2-4-10-19/h5-8,11-17,19,24,26H,2-4,9-10,18H2,1H3,(H,29,31)/t24-,26-/m0/s1. The molecule has 0 bridgehead atoms. The molecule has 1 aliphatic carbocycles. The fraction of sp³-hybridized carbons (Fsp3) is 0.357. The van der Waals surface area contributed by atoms with Crippen molar-refractivity contribution < 1.29 is 23.8 Å². The lowest BCUT2D eigenvalue weighted by Crippen LogP contribution is -2.52. The second-order valence-electron chi connectivity index (χ2n) is 9.04. The second-order valence-corrected chi connectivity index (χ2v) is 10.0. The molecule has 1 fully saturated rings. The number of ether oxygens (including phenoxy) is 3. The van der Waals surface area contributed by atoms with Gasteiger partial charge in [-0.15, -0.1) is 11.3 Å². The highest BCUT2D eigenvalue weighted by atomic mass is 32.1. The summed E-state index contributed by atoms with van der Waals surface area (Å²) in [5.41, 5.74) is 0.555. The number of benzene rings is 2. The smallest absolute Gasteiger partial charge is 0.272 e. The minimum Gasteiger partial charge on any atom is -0.497 e. The van der Waals surface area contributed by atoms with Crippen LogP contribution in [0.1, 0.15) is 43.0 Å². The zero-order valence-electron chi connectivity index (χ0n) is 20.2. The number of methoxy groups -OCH3 is 1. The summed E-state index contributed by atoms with van der Waals surface area (Å²) >= 11 is 1.45. The Morgan fingerprint density at radius 2 is 1.83 bits per heavy atom. The van der Waals surface area contributed by atoms with E-state index in [4.69, 9.17) is 14.2 Å². The van der Waals surface area contributed by atoms with Crippen molar-refractivity contribution in [2.75, 3.05) is 18.6 Å². The van der Waals surface area contributed by atoms with E-state index in [9.17, 15) is 9.59 Å². The summed E-state index contributed by atoms with van der Waals surface area (Å²) in [6, 6.07) is 17.5. The van der Waals surface area contributed by atoms with Gasteiger partial charge in [0.1, 0.15) is 18.4 Å². The van der Waals surface area contributed by atoms with E-state index in [0.717, 1.165) is 30.6 Å². The first-order chi connectivity index (χ1) is 17.6. The Labute approximate surface area is 215 Å². The van der Waals surface area contributed by atoms with E-state index in [1.54, 1.807) is 19.2 Å². The summed E-state index contributed by atoms with van der Waals surface area (Å²) in [5.74, 6) is 1.15. The average Bonchev–Trinajstić information content (AvgIpc) is 3.46. The molecule has 0 saturated heterocycles. The number of anilines is 1. The van der Waals surface area contributed by atoms with Gasteiger partial charge in [0, 0.05) is 22.7 Å². The molecule has 188 valence electrons. The molecule has 1 aliphatic heterocycles. The highest BCUT2D eigenvalue weighted by Gasteiger charge is 2.40. The van der Waals surface area contributed by atoms with Crippen molar-refractivity contribution in [1.82, 2.24) is 5.32 Å². The van der Waals surface area contributed by atoms with Gasteiger partial charge in [0.2, 0.25) is 12.0 Å². The fourth-order valence-electron chi connectivity index (χ4n) is 4.81. The second kappa shape index (κ2) is 11.0. The molecular formula is C28H30N2O5S. The topological polar surface area (TPSA) is 77.1 Å². The normalized spacial score (nSPS) is 18.2. The molecule has 1 aromatic heterocycles. The molecule has 2 atom stereocenters. The van der Waals surface area contributed by atoms with Crippen molar-refractivity contribution in [3.05, 3.63) is 70.9 Å². The summed E-state index contributed by atoms with van der Waals surface area (Å²) in [6.07, 6.45) is 4.38. The van der Waals surface area contributed by atoms with Crippen molar-refractivity contribution in [2.24, 2.45) is 0 Å². The predicted molar refractivity (Wildman–Crippen MR) is 139 cm³/mol. The third-order valence-electron chi connectivity index (χ3n) is 6.62. The number of carbonyl (C=O) groups is 2. The minimum absolute atomic E-state index is 0.0533. The van der Waals surface area contributed by atoms with Gasteiger partial charge in [-0.2, -0.15) is 0 Å². The number of amides is 2. The van der Waals surface area contributed by atoms with E-state index in [-0.39, 0.29) is 24.5 Å². The predicted octanol–water partition coefficient (Wildman–Crippen LogP) is 5.12. The largest absolute Gasteiger partial charge is 0.497 e. The van der Waals surface area contributed by atoms with E-state index >= 15 is 0 Å². The molecule has 2 aromatic carbocycles. The van der Waals surface area contributed by atoms with Gasteiger partial charge in [0.15, 0.2) is 11.5 Å². The maximum absolute atomic E-state index is 14.1. The molecule has 8 heteroatoms. The van der Waals surface area contributed by atoms with E-state index < -0.39 is 12.1 Å². The van der Waals surface area contributed by atoms with Crippen LogP contribution in [0.4, 0.5) is 5.69 Å². The average molecular weight is 507 g/mol. The number of hydrogen-bond donors (Lipinski definition) is 1. The van der Waals surface area contributed by atoms with Gasteiger partial charge < -0.3 is 19.5 Å². The van der Waals surface area contributed by atoms with E-state index in [1.807, 2.05) is 53.9 Å². The van der Waals surface area contributed by atoms with Gasteiger partial charge in [0.05, 0.1) is 7.11 Å². The molecule has 0 spiro atoms. The summed E-state index contributed by atoms with van der Waals surface area (Å²) in [5, 5.41) is 5.15. The van der Waals surface area contributed by atoms with Crippen molar-refractivity contribution in [3.63, 3.8) is 0 Å². The minimum atomic E-state index is -0.906. The quantitative estimate of drug-likeness (QED) is 0.481. The Hall–Kier alpha value is -3.52. The van der Waals surface area contributed by atoms with Crippen molar-refractivity contribution >= 4 is 28.8 Å². The first-order valence-corrected chi connectivity index (χ1v) is 13.2. The number of nitrogens with one attached hydrogen (secondary N) is 1. The molecular weight excluding hydrogens is 476 g/mol. The summed E-state index contributed by atoms with van der Waals surface area (Å²) in [7, 11) is 1.58. The first kappa shape index (κ1) is 24.2. The van der Waals surface area contributed by atoms with Crippen LogP contribution in [0.2, 0.25) is 0 Å². The van der Waals surface area contributed by atoms with Crippen LogP contribution in [-0.4, -0.2) is 37.7 Å². The Bertz CT molecular complexity index is 1190. The highest BCUT2D eigenvalue weighted by Crippen LogP contribution is 2.36. The van der Waals surface area contributed by atoms with Gasteiger partial charge in [-0.05, 0) is 48.6 Å². The van der Waals surface area contributed by atoms with Gasteiger partial charge in [-0.1, -0.05) is 43.5 Å². The zero-order valence-corrected chi connectivity index (χ0v) is 21.0. The van der Waals surface area contributed by atoms with E-state index in [2.05, 4.69) is 5.32 Å². The van der Waals surface area contributed by atoms with Gasteiger partial charge in [-0.3, -0.25) is 14.5 Å². The number of hydrogen-bond acceptors (Lipinski definition) is 6. The lowest BCUT2D eigenvalue weighted by molar-refractivity contribution is -0.132. The third-order valence-corrected chi connectivity index (χ3v) is 7.55. The molecule has 2 amide bonds. The Morgan fingerprint density at radius 1 is 1.03 bits per heavy atom. The monoisotopic (exact) mass is 506 g/mol. The number of nitrogens with zero attached hydrogens (tertiary/aromatic N) is 1. The highest BCUT2D eigenvalue weighted by molar-refractivity contribution is 7.10. The molecule has 0 radical (unpaired) electrons. The maximum atomic E-state index is 14.1. The van der Waals surface area contributed by atoms with E-state index in [0.29, 0.717) is 22.9 Å². The van der Waals surface area contributed by atoms with Crippen LogP contribution in [0.15, 0.2) is 66.0 Å². The molecule has 1 saturated carbocycles. The molecule has 36 heavy (non-hydrogen) atoms. The van der Waals surface area contributed by atoms with Crippen LogP contribution in [-0.2, 0) is 9.59 Å².